The van der Waals surface area contributed by atoms with E-state index in [4.69, 9.17) is 4.74 Å². The van der Waals surface area contributed by atoms with Gasteiger partial charge in [0.1, 0.15) is 0 Å². The summed E-state index contributed by atoms with van der Waals surface area (Å²) in [6, 6.07) is -0.535. The van der Waals surface area contributed by atoms with Crippen LogP contribution in [0.1, 0.15) is 341 Å². The van der Waals surface area contributed by atoms with Gasteiger partial charge < -0.3 is 20.3 Å². The molecule has 2 unspecified atom stereocenters. The van der Waals surface area contributed by atoms with Crippen LogP contribution in [0.5, 0.6) is 0 Å². The van der Waals surface area contributed by atoms with E-state index in [9.17, 15) is 19.8 Å². The molecule has 0 saturated heterocycles. The highest BCUT2D eigenvalue weighted by Crippen LogP contribution is 2.18. The lowest BCUT2D eigenvalue weighted by Crippen LogP contribution is -2.45. The Morgan fingerprint density at radius 2 is 0.701 bits per heavy atom. The van der Waals surface area contributed by atoms with Crippen LogP contribution in [0.3, 0.4) is 0 Å². The minimum absolute atomic E-state index is 0.00957. The molecule has 0 aromatic carbocycles. The molecule has 0 bridgehead atoms. The molecule has 0 fully saturated rings. The van der Waals surface area contributed by atoms with Crippen LogP contribution < -0.4 is 5.32 Å². The number of esters is 1. The molecule has 0 aliphatic rings. The molecule has 0 rings (SSSR count). The van der Waals surface area contributed by atoms with Crippen LogP contribution >= 0.6 is 0 Å². The Morgan fingerprint density at radius 3 is 1.09 bits per heavy atom. The smallest absolute Gasteiger partial charge is 0.305 e. The van der Waals surface area contributed by atoms with Crippen molar-refractivity contribution in [3.8, 4) is 0 Å². The number of hydrogen-bond acceptors (Lipinski definition) is 5. The van der Waals surface area contributed by atoms with Crippen molar-refractivity contribution in [3.05, 3.63) is 12.2 Å². The second kappa shape index (κ2) is 57.2. The molecule has 0 radical (unpaired) electrons. The molecule has 0 aromatic heterocycles. The van der Waals surface area contributed by atoms with Crippen molar-refractivity contribution in [3.63, 3.8) is 0 Å². The number of amides is 1. The normalized spacial score (nSPS) is 12.6. The Labute approximate surface area is 419 Å². The van der Waals surface area contributed by atoms with Gasteiger partial charge in [-0.25, -0.2) is 0 Å². The van der Waals surface area contributed by atoms with Crippen molar-refractivity contribution in [2.75, 3.05) is 13.2 Å². The van der Waals surface area contributed by atoms with E-state index < -0.39 is 12.1 Å². The first-order valence-corrected chi connectivity index (χ1v) is 30.4. The molecule has 3 N–H and O–H groups in total. The molecule has 1 amide bonds. The number of nitrogens with one attached hydrogen (secondary N) is 1. The minimum atomic E-state index is -0.658. The number of carbonyl (C=O) groups is 2. The lowest BCUT2D eigenvalue weighted by atomic mass is 10.0. The number of rotatable bonds is 57. The van der Waals surface area contributed by atoms with Crippen LogP contribution in [-0.2, 0) is 14.3 Å². The van der Waals surface area contributed by atoms with Gasteiger partial charge in [-0.3, -0.25) is 9.59 Å². The summed E-state index contributed by atoms with van der Waals surface area (Å²) in [5.74, 6) is -0.0229. The fourth-order valence-electron chi connectivity index (χ4n) is 9.64. The highest BCUT2D eigenvalue weighted by molar-refractivity contribution is 5.76. The summed E-state index contributed by atoms with van der Waals surface area (Å²) in [6.45, 7) is 4.92. The van der Waals surface area contributed by atoms with Gasteiger partial charge in [-0.15, -0.1) is 0 Å². The van der Waals surface area contributed by atoms with Gasteiger partial charge in [0.25, 0.3) is 0 Å². The lowest BCUT2D eigenvalue weighted by molar-refractivity contribution is -0.143. The van der Waals surface area contributed by atoms with Crippen molar-refractivity contribution in [2.24, 2.45) is 0 Å². The molecule has 0 spiro atoms. The SMILES string of the molecule is CCCCC/C=C\CCCCCCCC(=O)OCCCCCCCCCCCCCCCCCCCCCCCCCCCCCCCC(=O)NC(CO)C(O)CCCCCCCCCCC. The van der Waals surface area contributed by atoms with Crippen LogP contribution in [0.2, 0.25) is 0 Å². The molecular formula is C61H119NO5. The van der Waals surface area contributed by atoms with E-state index in [1.165, 1.54) is 263 Å². The summed E-state index contributed by atoms with van der Waals surface area (Å²) in [7, 11) is 0. The maximum atomic E-state index is 12.4. The largest absolute Gasteiger partial charge is 0.466 e. The summed E-state index contributed by atoms with van der Waals surface area (Å²) in [4.78, 5) is 24.4. The quantitative estimate of drug-likeness (QED) is 0.0321. The van der Waals surface area contributed by atoms with Gasteiger partial charge in [-0.05, 0) is 51.4 Å². The first-order chi connectivity index (χ1) is 33.0. The Kier molecular flexibility index (Phi) is 56.0. The van der Waals surface area contributed by atoms with Crippen LogP contribution in [-0.4, -0.2) is 47.4 Å². The van der Waals surface area contributed by atoms with Crippen molar-refractivity contribution in [1.82, 2.24) is 5.32 Å². The maximum Gasteiger partial charge on any atom is 0.305 e. The van der Waals surface area contributed by atoms with Crippen molar-refractivity contribution >= 4 is 11.9 Å². The fourth-order valence-corrected chi connectivity index (χ4v) is 9.64. The standard InChI is InChI=1S/C61H119NO5/c1-3-5-7-9-11-13-14-35-39-43-47-51-55-61(66)67-56-52-48-44-40-36-33-31-29-27-25-23-21-19-17-15-16-18-20-22-24-26-28-30-32-34-38-42-46-50-54-60(65)62-58(57-63)59(64)53-49-45-41-37-12-10-8-6-4-2/h11,13,58-59,63-64H,3-10,12,14-57H2,1-2H3,(H,62,65)/b13-11-. The zero-order valence-electron chi connectivity index (χ0n) is 45.4. The summed E-state index contributed by atoms with van der Waals surface area (Å²) in [5, 5.41) is 23.1. The second-order valence-corrected chi connectivity index (χ2v) is 21.0. The number of aliphatic hydroxyl groups excluding tert-OH is 2. The summed E-state index contributed by atoms with van der Waals surface area (Å²) in [6.07, 6.45) is 68.1. The van der Waals surface area contributed by atoms with Gasteiger partial charge in [0.2, 0.25) is 5.91 Å². The highest BCUT2D eigenvalue weighted by atomic mass is 16.5. The van der Waals surface area contributed by atoms with E-state index in [0.29, 0.717) is 25.9 Å². The third-order valence-corrected chi connectivity index (χ3v) is 14.3. The van der Waals surface area contributed by atoms with E-state index in [1.807, 2.05) is 0 Å². The molecule has 0 aliphatic heterocycles. The summed E-state index contributed by atoms with van der Waals surface area (Å²) in [5.41, 5.74) is 0. The van der Waals surface area contributed by atoms with E-state index in [2.05, 4.69) is 31.3 Å². The monoisotopic (exact) mass is 946 g/mol. The summed E-state index contributed by atoms with van der Waals surface area (Å²) < 4.78 is 5.47. The number of hydrogen-bond donors (Lipinski definition) is 3. The molecule has 0 saturated carbocycles. The van der Waals surface area contributed by atoms with Gasteiger partial charge in [0.15, 0.2) is 0 Å². The first kappa shape index (κ1) is 65.6. The van der Waals surface area contributed by atoms with Crippen molar-refractivity contribution in [2.45, 2.75) is 353 Å². The Bertz CT molecular complexity index is 1000. The first-order valence-electron chi connectivity index (χ1n) is 30.4. The molecular weight excluding hydrogens is 827 g/mol. The van der Waals surface area contributed by atoms with Gasteiger partial charge in [0, 0.05) is 12.8 Å². The molecule has 0 heterocycles. The average molecular weight is 947 g/mol. The third-order valence-electron chi connectivity index (χ3n) is 14.3. The van der Waals surface area contributed by atoms with Crippen LogP contribution in [0, 0.1) is 0 Å². The van der Waals surface area contributed by atoms with Crippen LogP contribution in [0.4, 0.5) is 0 Å². The van der Waals surface area contributed by atoms with E-state index in [1.54, 1.807) is 0 Å². The molecule has 0 aliphatic carbocycles. The second-order valence-electron chi connectivity index (χ2n) is 21.0. The molecule has 67 heavy (non-hydrogen) atoms. The Hall–Kier alpha value is -1.40. The minimum Gasteiger partial charge on any atom is -0.466 e. The van der Waals surface area contributed by atoms with Crippen molar-refractivity contribution in [1.29, 1.82) is 0 Å². The number of ether oxygens (including phenoxy) is 1. The number of allylic oxidation sites excluding steroid dienone is 2. The maximum absolute atomic E-state index is 12.4. The molecule has 398 valence electrons. The number of aliphatic hydroxyl groups is 2. The zero-order chi connectivity index (χ0) is 48.6. The fraction of sp³-hybridized carbons (Fsp3) is 0.934. The highest BCUT2D eigenvalue weighted by Gasteiger charge is 2.20. The Balaban J connectivity index is 3.30. The number of unbranched alkanes of at least 4 members (excludes halogenated alkanes) is 44. The van der Waals surface area contributed by atoms with Crippen molar-refractivity contribution < 1.29 is 24.5 Å². The predicted octanol–water partition coefficient (Wildman–Crippen LogP) is 18.9. The lowest BCUT2D eigenvalue weighted by Gasteiger charge is -2.22. The predicted molar refractivity (Wildman–Crippen MR) is 292 cm³/mol. The van der Waals surface area contributed by atoms with Gasteiger partial charge in [-0.2, -0.15) is 0 Å². The number of carbonyl (C=O) groups excluding carboxylic acids is 2. The third kappa shape index (κ3) is 53.8. The van der Waals surface area contributed by atoms with Crippen LogP contribution in [0.25, 0.3) is 0 Å². The average Bonchev–Trinajstić information content (AvgIpc) is 3.33. The molecule has 6 heteroatoms. The topological polar surface area (TPSA) is 95.9 Å². The Morgan fingerprint density at radius 1 is 0.403 bits per heavy atom. The van der Waals surface area contributed by atoms with Crippen LogP contribution in [0.15, 0.2) is 12.2 Å². The molecule has 2 atom stereocenters. The summed E-state index contributed by atoms with van der Waals surface area (Å²) >= 11 is 0. The molecule has 0 aromatic rings. The van der Waals surface area contributed by atoms with E-state index in [0.717, 1.165) is 44.9 Å². The van der Waals surface area contributed by atoms with E-state index in [-0.39, 0.29) is 18.5 Å². The van der Waals surface area contributed by atoms with E-state index >= 15 is 0 Å². The van der Waals surface area contributed by atoms with Gasteiger partial charge in [-0.1, -0.05) is 289 Å². The zero-order valence-corrected chi connectivity index (χ0v) is 45.4. The van der Waals surface area contributed by atoms with Gasteiger partial charge >= 0.3 is 5.97 Å². The molecule has 6 nitrogen and oxygen atoms in total. The van der Waals surface area contributed by atoms with Gasteiger partial charge in [0.05, 0.1) is 25.4 Å².